The van der Waals surface area contributed by atoms with E-state index in [1.54, 1.807) is 44.7 Å². The topological polar surface area (TPSA) is 70.5 Å². The Morgan fingerprint density at radius 2 is 1.89 bits per heavy atom. The summed E-state index contributed by atoms with van der Waals surface area (Å²) in [5.74, 6) is 1.18. The Bertz CT molecular complexity index is 1110. The Balaban J connectivity index is 1.43. The van der Waals surface area contributed by atoms with Gasteiger partial charge in [-0.15, -0.1) is 0 Å². The maximum Gasteiger partial charge on any atom is 0.212 e. The maximum atomic E-state index is 13.9. The third-order valence-electron chi connectivity index (χ3n) is 7.09. The van der Waals surface area contributed by atoms with Crippen molar-refractivity contribution in [2.45, 2.75) is 38.0 Å². The number of methoxy groups -OCH3 is 2. The predicted molar refractivity (Wildman–Crippen MR) is 132 cm³/mol. The van der Waals surface area contributed by atoms with Gasteiger partial charge >= 0.3 is 0 Å². The molecule has 0 radical (unpaired) electrons. The van der Waals surface area contributed by atoms with Crippen LogP contribution < -0.4 is 4.74 Å². The van der Waals surface area contributed by atoms with Crippen LogP contribution in [0.3, 0.4) is 0 Å². The zero-order valence-corrected chi connectivity index (χ0v) is 20.4. The first-order valence-electron chi connectivity index (χ1n) is 12.2. The molecule has 0 N–H and O–H groups in total. The summed E-state index contributed by atoms with van der Waals surface area (Å²) in [5.41, 5.74) is 2.59. The third kappa shape index (κ3) is 6.41. The summed E-state index contributed by atoms with van der Waals surface area (Å²) in [6.07, 6.45) is 7.79. The molecule has 0 spiro atoms. The van der Waals surface area contributed by atoms with E-state index in [4.69, 9.17) is 14.2 Å². The number of aromatic nitrogens is 2. The van der Waals surface area contributed by atoms with Crippen LogP contribution in [-0.4, -0.2) is 49.8 Å². The number of fused-ring (bicyclic) bond motifs is 1. The van der Waals surface area contributed by atoms with Crippen LogP contribution >= 0.6 is 0 Å². The first kappa shape index (κ1) is 25.2. The normalized spacial score (nSPS) is 18.9. The van der Waals surface area contributed by atoms with Crippen LogP contribution in [0.25, 0.3) is 10.9 Å². The summed E-state index contributed by atoms with van der Waals surface area (Å²) in [6.45, 7) is 1.56. The van der Waals surface area contributed by atoms with Gasteiger partial charge in [0.15, 0.2) is 5.78 Å². The summed E-state index contributed by atoms with van der Waals surface area (Å²) in [6, 6.07) is 10.3. The maximum absolute atomic E-state index is 13.9. The van der Waals surface area contributed by atoms with Gasteiger partial charge in [-0.25, -0.2) is 9.37 Å². The molecule has 0 aliphatic heterocycles. The van der Waals surface area contributed by atoms with E-state index in [2.05, 4.69) is 9.97 Å². The van der Waals surface area contributed by atoms with Crippen molar-refractivity contribution >= 4 is 16.7 Å². The van der Waals surface area contributed by atoms with Gasteiger partial charge in [-0.2, -0.15) is 0 Å². The zero-order valence-electron chi connectivity index (χ0n) is 20.4. The van der Waals surface area contributed by atoms with Crippen LogP contribution in [0.1, 0.15) is 53.9 Å². The fraction of sp³-hybridized carbons (Fsp3) is 0.464. The molecule has 1 fully saturated rings. The lowest BCUT2D eigenvalue weighted by atomic mass is 9.72. The molecule has 35 heavy (non-hydrogen) atoms. The molecule has 0 amide bonds. The van der Waals surface area contributed by atoms with Gasteiger partial charge in [0.25, 0.3) is 0 Å². The number of hydrogen-bond donors (Lipinski definition) is 0. The van der Waals surface area contributed by atoms with E-state index in [9.17, 15) is 9.18 Å². The molecule has 1 saturated carbocycles. The van der Waals surface area contributed by atoms with Crippen molar-refractivity contribution in [3.8, 4) is 5.88 Å². The molecule has 3 aromatic rings. The minimum atomic E-state index is -0.236. The SMILES string of the molecule is COCCOC[C@H](CC(=O)c1ccc(OC)nc1)C1CCC(c2ccnc3ccc(F)cc23)CC1. The summed E-state index contributed by atoms with van der Waals surface area (Å²) in [4.78, 5) is 21.6. The molecule has 4 rings (SSSR count). The van der Waals surface area contributed by atoms with E-state index in [1.165, 1.54) is 11.6 Å². The number of carbonyl (C=O) groups is 1. The molecule has 1 aliphatic rings. The molecule has 0 bridgehead atoms. The molecule has 7 heteroatoms. The van der Waals surface area contributed by atoms with E-state index in [1.807, 2.05) is 12.3 Å². The first-order valence-corrected chi connectivity index (χ1v) is 12.2. The van der Waals surface area contributed by atoms with Gasteiger partial charge < -0.3 is 14.2 Å². The van der Waals surface area contributed by atoms with Gasteiger partial charge in [-0.3, -0.25) is 9.78 Å². The van der Waals surface area contributed by atoms with Crippen LogP contribution in [0.15, 0.2) is 48.8 Å². The number of pyridine rings is 2. The standard InChI is InChI=1S/C28H33FN2O4/c1-33-13-14-35-18-22(15-27(32)21-7-10-28(34-2)31-17-21)19-3-5-20(6-4-19)24-11-12-30-26-9-8-23(29)16-25(24)26/h7-12,16-17,19-20,22H,3-6,13-15,18H2,1-2H3/t19?,20?,22-/m0/s1. The summed E-state index contributed by atoms with van der Waals surface area (Å²) < 4.78 is 30.0. The number of hydrogen-bond acceptors (Lipinski definition) is 6. The van der Waals surface area contributed by atoms with E-state index in [0.29, 0.717) is 49.5 Å². The highest BCUT2D eigenvalue weighted by molar-refractivity contribution is 5.96. The molecule has 1 aromatic carbocycles. The van der Waals surface area contributed by atoms with Crippen molar-refractivity contribution in [1.82, 2.24) is 9.97 Å². The Labute approximate surface area is 205 Å². The van der Waals surface area contributed by atoms with Gasteiger partial charge in [-0.1, -0.05) is 0 Å². The molecule has 6 nitrogen and oxygen atoms in total. The van der Waals surface area contributed by atoms with Crippen molar-refractivity contribution in [3.63, 3.8) is 0 Å². The second-order valence-corrected chi connectivity index (χ2v) is 9.22. The van der Waals surface area contributed by atoms with Crippen molar-refractivity contribution in [2.24, 2.45) is 11.8 Å². The number of Topliss-reactive ketones (excluding diaryl/α,β-unsaturated/α-hetero) is 1. The number of rotatable bonds is 11. The fourth-order valence-electron chi connectivity index (χ4n) is 5.16. The molecule has 2 heterocycles. The largest absolute Gasteiger partial charge is 0.481 e. The average Bonchev–Trinajstić information content (AvgIpc) is 2.90. The van der Waals surface area contributed by atoms with Crippen LogP contribution in [0.4, 0.5) is 4.39 Å². The number of benzene rings is 1. The fourth-order valence-corrected chi connectivity index (χ4v) is 5.16. The second-order valence-electron chi connectivity index (χ2n) is 9.22. The molecule has 186 valence electrons. The van der Waals surface area contributed by atoms with Gasteiger partial charge in [0, 0.05) is 42.9 Å². The molecule has 2 aromatic heterocycles. The van der Waals surface area contributed by atoms with Crippen LogP contribution in [0.2, 0.25) is 0 Å². The smallest absolute Gasteiger partial charge is 0.212 e. The Morgan fingerprint density at radius 3 is 2.60 bits per heavy atom. The quantitative estimate of drug-likeness (QED) is 0.263. The molecule has 1 atom stereocenters. The van der Waals surface area contributed by atoms with Crippen LogP contribution in [-0.2, 0) is 9.47 Å². The third-order valence-corrected chi connectivity index (χ3v) is 7.09. The number of nitrogens with zero attached hydrogens (tertiary/aromatic N) is 2. The number of ketones is 1. The molecule has 0 saturated heterocycles. The monoisotopic (exact) mass is 480 g/mol. The Hall–Kier alpha value is -2.90. The van der Waals surface area contributed by atoms with Gasteiger partial charge in [-0.05, 0) is 79.3 Å². The number of ether oxygens (including phenoxy) is 3. The van der Waals surface area contributed by atoms with Crippen molar-refractivity contribution < 1.29 is 23.4 Å². The second kappa shape index (κ2) is 12.2. The van der Waals surface area contributed by atoms with Crippen LogP contribution in [0, 0.1) is 17.7 Å². The minimum Gasteiger partial charge on any atom is -0.481 e. The van der Waals surface area contributed by atoms with Gasteiger partial charge in [0.2, 0.25) is 5.88 Å². The summed E-state index contributed by atoms with van der Waals surface area (Å²) in [7, 11) is 3.20. The first-order chi connectivity index (χ1) is 17.1. The van der Waals surface area contributed by atoms with Gasteiger partial charge in [0.1, 0.15) is 5.82 Å². The number of halogens is 1. The zero-order chi connectivity index (χ0) is 24.6. The highest BCUT2D eigenvalue weighted by Gasteiger charge is 2.31. The highest BCUT2D eigenvalue weighted by atomic mass is 19.1. The molecular weight excluding hydrogens is 447 g/mol. The number of carbonyl (C=O) groups excluding carboxylic acids is 1. The van der Waals surface area contributed by atoms with E-state index < -0.39 is 0 Å². The average molecular weight is 481 g/mol. The van der Waals surface area contributed by atoms with Crippen LogP contribution in [0.5, 0.6) is 5.88 Å². The lowest BCUT2D eigenvalue weighted by Gasteiger charge is -2.34. The van der Waals surface area contributed by atoms with Gasteiger partial charge in [0.05, 0.1) is 32.4 Å². The van der Waals surface area contributed by atoms with E-state index in [-0.39, 0.29) is 17.5 Å². The van der Waals surface area contributed by atoms with Crippen molar-refractivity contribution in [1.29, 1.82) is 0 Å². The molecular formula is C28H33FN2O4. The van der Waals surface area contributed by atoms with Crippen molar-refractivity contribution in [3.05, 3.63) is 65.7 Å². The molecule has 0 unspecified atom stereocenters. The van der Waals surface area contributed by atoms with Crippen molar-refractivity contribution in [2.75, 3.05) is 34.0 Å². The molecule has 1 aliphatic carbocycles. The Morgan fingerprint density at radius 1 is 1.06 bits per heavy atom. The van der Waals surface area contributed by atoms with E-state index in [0.717, 1.165) is 36.6 Å². The summed E-state index contributed by atoms with van der Waals surface area (Å²) >= 11 is 0. The minimum absolute atomic E-state index is 0.0678. The summed E-state index contributed by atoms with van der Waals surface area (Å²) in [5, 5.41) is 0.901. The highest BCUT2D eigenvalue weighted by Crippen LogP contribution is 2.41. The lowest BCUT2D eigenvalue weighted by Crippen LogP contribution is -2.27. The lowest BCUT2D eigenvalue weighted by molar-refractivity contribution is 0.0294. The van der Waals surface area contributed by atoms with E-state index >= 15 is 0 Å². The Kier molecular flexibility index (Phi) is 8.77. The predicted octanol–water partition coefficient (Wildman–Crippen LogP) is 5.60.